The van der Waals surface area contributed by atoms with Crippen molar-refractivity contribution in [2.24, 2.45) is 5.10 Å². The lowest BCUT2D eigenvalue weighted by Gasteiger charge is -1.98. The van der Waals surface area contributed by atoms with Gasteiger partial charge in [0.15, 0.2) is 0 Å². The summed E-state index contributed by atoms with van der Waals surface area (Å²) >= 11 is 0. The maximum Gasteiger partial charge on any atom is 0.289 e. The number of benzene rings is 2. The van der Waals surface area contributed by atoms with E-state index in [0.717, 1.165) is 12.0 Å². The molecular weight excluding hydrogens is 346 g/mol. The molecule has 1 aromatic heterocycles. The third-order valence-corrected chi connectivity index (χ3v) is 3.94. The minimum absolute atomic E-state index is 0.0439. The molecule has 0 unspecified atom stereocenters. The molecule has 0 fully saturated rings. The normalized spacial score (nSPS) is 10.9. The Morgan fingerprint density at radius 3 is 2.74 bits per heavy atom. The number of aromatic amines is 1. The zero-order valence-electron chi connectivity index (χ0n) is 14.5. The van der Waals surface area contributed by atoms with Gasteiger partial charge in [-0.1, -0.05) is 43.3 Å². The monoisotopic (exact) mass is 363 g/mol. The number of H-pyrrole nitrogens is 1. The highest BCUT2D eigenvalue weighted by molar-refractivity contribution is 5.94. The topological polar surface area (TPSA) is 113 Å². The Kier molecular flexibility index (Phi) is 5.36. The molecule has 0 atom stereocenters. The van der Waals surface area contributed by atoms with Crippen molar-refractivity contribution in [2.45, 2.75) is 13.3 Å². The van der Waals surface area contributed by atoms with E-state index in [4.69, 9.17) is 0 Å². The van der Waals surface area contributed by atoms with Crippen LogP contribution in [0.15, 0.2) is 59.7 Å². The Morgan fingerprint density at radius 2 is 2.04 bits per heavy atom. The van der Waals surface area contributed by atoms with Crippen molar-refractivity contribution < 1.29 is 9.72 Å². The van der Waals surface area contributed by atoms with Gasteiger partial charge in [-0.15, -0.1) is 0 Å². The first-order valence-corrected chi connectivity index (χ1v) is 8.29. The SMILES string of the molecule is CCc1ccc(-c2cc(C(=O)N/N=C\c3cccc([N+](=O)[O-])c3)[nH]n2)cc1. The van der Waals surface area contributed by atoms with Crippen LogP contribution in [0.5, 0.6) is 0 Å². The van der Waals surface area contributed by atoms with Crippen LogP contribution in [0.25, 0.3) is 11.3 Å². The van der Waals surface area contributed by atoms with Gasteiger partial charge in [0.25, 0.3) is 11.6 Å². The maximum absolute atomic E-state index is 12.2. The number of nitro groups is 1. The molecule has 0 bridgehead atoms. The Morgan fingerprint density at radius 1 is 1.26 bits per heavy atom. The average molecular weight is 363 g/mol. The summed E-state index contributed by atoms with van der Waals surface area (Å²) in [5, 5.41) is 21.4. The van der Waals surface area contributed by atoms with Gasteiger partial charge in [-0.3, -0.25) is 20.0 Å². The Balaban J connectivity index is 1.65. The summed E-state index contributed by atoms with van der Waals surface area (Å²) in [5.41, 5.74) is 5.88. The number of amides is 1. The number of non-ortho nitro benzene ring substituents is 1. The lowest BCUT2D eigenvalue weighted by molar-refractivity contribution is -0.384. The van der Waals surface area contributed by atoms with Crippen molar-refractivity contribution in [1.29, 1.82) is 0 Å². The number of aryl methyl sites for hydroxylation is 1. The minimum atomic E-state index is -0.491. The average Bonchev–Trinajstić information content (AvgIpc) is 3.18. The van der Waals surface area contributed by atoms with Gasteiger partial charge in [0, 0.05) is 23.3 Å². The third kappa shape index (κ3) is 4.43. The molecule has 8 heteroatoms. The number of carbonyl (C=O) groups excluding carboxylic acids is 1. The minimum Gasteiger partial charge on any atom is -0.272 e. The number of rotatable bonds is 6. The third-order valence-electron chi connectivity index (χ3n) is 3.94. The van der Waals surface area contributed by atoms with Crippen LogP contribution in [-0.4, -0.2) is 27.2 Å². The quantitative estimate of drug-likeness (QED) is 0.397. The van der Waals surface area contributed by atoms with E-state index < -0.39 is 10.8 Å². The fourth-order valence-electron chi connectivity index (χ4n) is 2.44. The molecule has 2 N–H and O–H groups in total. The Bertz CT molecular complexity index is 993. The molecule has 2 aromatic carbocycles. The van der Waals surface area contributed by atoms with Gasteiger partial charge in [-0.05, 0) is 18.1 Å². The number of nitrogens with one attached hydrogen (secondary N) is 2. The van der Waals surface area contributed by atoms with E-state index in [9.17, 15) is 14.9 Å². The molecule has 3 aromatic rings. The lowest BCUT2D eigenvalue weighted by atomic mass is 10.1. The highest BCUT2D eigenvalue weighted by Crippen LogP contribution is 2.18. The first-order chi connectivity index (χ1) is 13.1. The fourth-order valence-corrected chi connectivity index (χ4v) is 2.44. The van der Waals surface area contributed by atoms with Crippen LogP contribution in [0.2, 0.25) is 0 Å². The van der Waals surface area contributed by atoms with E-state index >= 15 is 0 Å². The van der Waals surface area contributed by atoms with Crippen LogP contribution < -0.4 is 5.43 Å². The molecule has 0 saturated carbocycles. The molecule has 0 spiro atoms. The van der Waals surface area contributed by atoms with Gasteiger partial charge in [0.2, 0.25) is 0 Å². The first-order valence-electron chi connectivity index (χ1n) is 8.29. The van der Waals surface area contributed by atoms with Crippen molar-refractivity contribution in [3.05, 3.63) is 81.5 Å². The molecular formula is C19H17N5O3. The van der Waals surface area contributed by atoms with Crippen molar-refractivity contribution in [3.8, 4) is 11.3 Å². The van der Waals surface area contributed by atoms with Gasteiger partial charge >= 0.3 is 0 Å². The zero-order chi connectivity index (χ0) is 19.2. The highest BCUT2D eigenvalue weighted by Gasteiger charge is 2.10. The smallest absolute Gasteiger partial charge is 0.272 e. The summed E-state index contributed by atoms with van der Waals surface area (Å²) < 4.78 is 0. The molecule has 27 heavy (non-hydrogen) atoms. The van der Waals surface area contributed by atoms with Gasteiger partial charge in [-0.25, -0.2) is 5.43 Å². The summed E-state index contributed by atoms with van der Waals surface area (Å²) in [6, 6.07) is 15.5. The number of nitro benzene ring substituents is 1. The van der Waals surface area contributed by atoms with E-state index in [1.54, 1.807) is 18.2 Å². The number of aromatic nitrogens is 2. The fraction of sp³-hybridized carbons (Fsp3) is 0.105. The second kappa shape index (κ2) is 8.05. The molecule has 1 amide bonds. The van der Waals surface area contributed by atoms with Gasteiger partial charge in [0.1, 0.15) is 5.69 Å². The van der Waals surface area contributed by atoms with Crippen molar-refractivity contribution in [1.82, 2.24) is 15.6 Å². The van der Waals surface area contributed by atoms with E-state index in [1.807, 2.05) is 24.3 Å². The van der Waals surface area contributed by atoms with Crippen LogP contribution in [0.1, 0.15) is 28.5 Å². The molecule has 136 valence electrons. The molecule has 1 heterocycles. The number of hydrazone groups is 1. The van der Waals surface area contributed by atoms with Crippen LogP contribution in [0, 0.1) is 10.1 Å². The summed E-state index contributed by atoms with van der Waals surface area (Å²) in [4.78, 5) is 22.4. The van der Waals surface area contributed by atoms with E-state index in [-0.39, 0.29) is 11.4 Å². The van der Waals surface area contributed by atoms with E-state index in [2.05, 4.69) is 27.6 Å². The molecule has 0 aliphatic rings. The predicted molar refractivity (Wildman–Crippen MR) is 102 cm³/mol. The molecule has 8 nitrogen and oxygen atoms in total. The van der Waals surface area contributed by atoms with Crippen LogP contribution >= 0.6 is 0 Å². The van der Waals surface area contributed by atoms with E-state index in [1.165, 1.54) is 23.9 Å². The first kappa shape index (κ1) is 18.0. The molecule has 0 radical (unpaired) electrons. The largest absolute Gasteiger partial charge is 0.289 e. The lowest BCUT2D eigenvalue weighted by Crippen LogP contribution is -2.18. The second-order valence-electron chi connectivity index (χ2n) is 5.77. The summed E-state index contributed by atoms with van der Waals surface area (Å²) in [7, 11) is 0. The Hall–Kier alpha value is -3.81. The van der Waals surface area contributed by atoms with Crippen molar-refractivity contribution >= 4 is 17.8 Å². The molecule has 3 rings (SSSR count). The second-order valence-corrected chi connectivity index (χ2v) is 5.77. The van der Waals surface area contributed by atoms with Crippen molar-refractivity contribution in [3.63, 3.8) is 0 Å². The summed E-state index contributed by atoms with van der Waals surface area (Å²) in [5.74, 6) is -0.458. The Labute approximate surface area is 155 Å². The van der Waals surface area contributed by atoms with Gasteiger partial charge in [0.05, 0.1) is 16.8 Å². The summed E-state index contributed by atoms with van der Waals surface area (Å²) in [6.07, 6.45) is 2.29. The highest BCUT2D eigenvalue weighted by atomic mass is 16.6. The van der Waals surface area contributed by atoms with Gasteiger partial charge < -0.3 is 0 Å². The number of hydrogen-bond donors (Lipinski definition) is 2. The summed E-state index contributed by atoms with van der Waals surface area (Å²) in [6.45, 7) is 2.08. The molecule has 0 saturated heterocycles. The molecule has 0 aliphatic carbocycles. The number of carbonyl (C=O) groups is 1. The number of nitrogens with zero attached hydrogens (tertiary/aromatic N) is 3. The molecule has 0 aliphatic heterocycles. The van der Waals surface area contributed by atoms with Crippen molar-refractivity contribution in [2.75, 3.05) is 0 Å². The zero-order valence-corrected chi connectivity index (χ0v) is 14.5. The predicted octanol–water partition coefficient (Wildman–Crippen LogP) is 3.31. The maximum atomic E-state index is 12.2. The van der Waals surface area contributed by atoms with E-state index in [0.29, 0.717) is 11.3 Å². The number of hydrogen-bond acceptors (Lipinski definition) is 5. The van der Waals surface area contributed by atoms with Crippen LogP contribution in [0.3, 0.4) is 0 Å². The van der Waals surface area contributed by atoms with Crippen LogP contribution in [0.4, 0.5) is 5.69 Å². The van der Waals surface area contributed by atoms with Crippen LogP contribution in [-0.2, 0) is 6.42 Å². The standard InChI is InChI=1S/C19H17N5O3/c1-2-13-6-8-15(9-7-13)17-11-18(22-21-17)19(25)23-20-12-14-4-3-5-16(10-14)24(26)27/h3-12H,2H2,1H3,(H,21,22)(H,23,25)/b20-12-. The van der Waals surface area contributed by atoms with Gasteiger partial charge in [-0.2, -0.15) is 10.2 Å².